The van der Waals surface area contributed by atoms with E-state index in [1.54, 1.807) is 24.0 Å². The summed E-state index contributed by atoms with van der Waals surface area (Å²) in [7, 11) is 0. The standard InChI is InChI=1S/C27H35N5O3/c1-6-35-27(34)23(28)16-25(33)32(17(2)3)24-15-18(4)21(14-19(24)5)8-7-13-31-22-11-9-20(10-12-22)26(29)30/h9-12,14-15,17,23,31H,6,13,16,28H2,1-5H3,(H3,29,30). The Bertz CT molecular complexity index is 1130. The van der Waals surface area contributed by atoms with E-state index in [1.165, 1.54) is 0 Å². The summed E-state index contributed by atoms with van der Waals surface area (Å²) in [6, 6.07) is 10.1. The van der Waals surface area contributed by atoms with Gasteiger partial charge in [-0.1, -0.05) is 11.8 Å². The molecule has 1 unspecified atom stereocenters. The molecule has 0 spiro atoms. The zero-order valence-corrected chi connectivity index (χ0v) is 21.1. The number of anilines is 2. The molecule has 0 aliphatic carbocycles. The van der Waals surface area contributed by atoms with Gasteiger partial charge in [0.25, 0.3) is 0 Å². The molecule has 1 amide bonds. The smallest absolute Gasteiger partial charge is 0.323 e. The molecule has 0 bridgehead atoms. The van der Waals surface area contributed by atoms with Crippen LogP contribution >= 0.6 is 0 Å². The number of nitrogen functional groups attached to an aromatic ring is 1. The van der Waals surface area contributed by atoms with E-state index < -0.39 is 12.0 Å². The number of nitrogens with two attached hydrogens (primary N) is 2. The zero-order valence-electron chi connectivity index (χ0n) is 21.1. The first-order valence-corrected chi connectivity index (χ1v) is 11.6. The largest absolute Gasteiger partial charge is 0.465 e. The molecule has 0 saturated heterocycles. The summed E-state index contributed by atoms with van der Waals surface area (Å²) in [5, 5.41) is 10.7. The predicted molar refractivity (Wildman–Crippen MR) is 141 cm³/mol. The molecule has 0 aliphatic heterocycles. The summed E-state index contributed by atoms with van der Waals surface area (Å²) >= 11 is 0. The van der Waals surface area contributed by atoms with E-state index in [4.69, 9.17) is 21.6 Å². The molecule has 0 radical (unpaired) electrons. The van der Waals surface area contributed by atoms with Crippen molar-refractivity contribution in [3.8, 4) is 11.8 Å². The molecule has 2 rings (SSSR count). The highest BCUT2D eigenvalue weighted by molar-refractivity contribution is 5.97. The molecule has 8 heteroatoms. The summed E-state index contributed by atoms with van der Waals surface area (Å²) in [6.07, 6.45) is -0.129. The summed E-state index contributed by atoms with van der Waals surface area (Å²) < 4.78 is 4.93. The molecule has 2 aromatic rings. The molecular weight excluding hydrogens is 442 g/mol. The number of amides is 1. The van der Waals surface area contributed by atoms with Crippen LogP contribution < -0.4 is 21.7 Å². The average Bonchev–Trinajstić information content (AvgIpc) is 2.79. The maximum Gasteiger partial charge on any atom is 0.323 e. The van der Waals surface area contributed by atoms with E-state index in [0.29, 0.717) is 12.1 Å². The molecule has 0 saturated carbocycles. The molecule has 0 aromatic heterocycles. The minimum absolute atomic E-state index is 0.0326. The fourth-order valence-electron chi connectivity index (χ4n) is 3.57. The van der Waals surface area contributed by atoms with Gasteiger partial charge in [-0.15, -0.1) is 0 Å². The van der Waals surface area contributed by atoms with Crippen LogP contribution in [0.1, 0.15) is 49.4 Å². The van der Waals surface area contributed by atoms with Gasteiger partial charge in [-0.05, 0) is 82.1 Å². The van der Waals surface area contributed by atoms with Gasteiger partial charge in [0.05, 0.1) is 19.6 Å². The van der Waals surface area contributed by atoms with Crippen LogP contribution in [0.25, 0.3) is 0 Å². The number of hydrogen-bond donors (Lipinski definition) is 4. The van der Waals surface area contributed by atoms with E-state index in [-0.39, 0.29) is 30.8 Å². The number of esters is 1. The Labute approximate surface area is 207 Å². The van der Waals surface area contributed by atoms with Gasteiger partial charge >= 0.3 is 5.97 Å². The highest BCUT2D eigenvalue weighted by Crippen LogP contribution is 2.27. The molecule has 8 nitrogen and oxygen atoms in total. The van der Waals surface area contributed by atoms with Crippen LogP contribution in [0.3, 0.4) is 0 Å². The molecule has 35 heavy (non-hydrogen) atoms. The SMILES string of the molecule is CCOC(=O)C(N)CC(=O)N(c1cc(C)c(C#CCNc2ccc(C(=N)N)cc2)cc1C)C(C)C. The van der Waals surface area contributed by atoms with Crippen LogP contribution in [-0.2, 0) is 14.3 Å². The van der Waals surface area contributed by atoms with Gasteiger partial charge in [-0.3, -0.25) is 15.0 Å². The number of aryl methyl sites for hydroxylation is 2. The van der Waals surface area contributed by atoms with E-state index in [1.807, 2.05) is 52.0 Å². The van der Waals surface area contributed by atoms with Crippen molar-refractivity contribution in [1.29, 1.82) is 5.41 Å². The van der Waals surface area contributed by atoms with Gasteiger partial charge in [0, 0.05) is 28.5 Å². The first-order valence-electron chi connectivity index (χ1n) is 11.6. The number of carbonyl (C=O) groups excluding carboxylic acids is 2. The normalized spacial score (nSPS) is 11.3. The van der Waals surface area contributed by atoms with Crippen molar-refractivity contribution in [2.45, 2.75) is 53.1 Å². The minimum Gasteiger partial charge on any atom is -0.465 e. The zero-order chi connectivity index (χ0) is 26.1. The van der Waals surface area contributed by atoms with Gasteiger partial charge < -0.3 is 26.4 Å². The second-order valence-electron chi connectivity index (χ2n) is 8.52. The Balaban J connectivity index is 2.14. The Morgan fingerprint density at radius 2 is 1.80 bits per heavy atom. The van der Waals surface area contributed by atoms with E-state index in [9.17, 15) is 9.59 Å². The summed E-state index contributed by atoms with van der Waals surface area (Å²) in [5.41, 5.74) is 16.4. The van der Waals surface area contributed by atoms with Crippen LogP contribution in [0, 0.1) is 31.1 Å². The van der Waals surface area contributed by atoms with E-state index in [2.05, 4.69) is 17.2 Å². The third-order valence-corrected chi connectivity index (χ3v) is 5.37. The van der Waals surface area contributed by atoms with Crippen molar-refractivity contribution in [3.05, 3.63) is 58.7 Å². The summed E-state index contributed by atoms with van der Waals surface area (Å²) in [5.74, 6) is 5.53. The lowest BCUT2D eigenvalue weighted by molar-refractivity contribution is -0.146. The van der Waals surface area contributed by atoms with Crippen LogP contribution in [0.5, 0.6) is 0 Å². The van der Waals surface area contributed by atoms with Crippen molar-refractivity contribution in [3.63, 3.8) is 0 Å². The van der Waals surface area contributed by atoms with Crippen molar-refractivity contribution in [1.82, 2.24) is 0 Å². The van der Waals surface area contributed by atoms with Crippen molar-refractivity contribution < 1.29 is 14.3 Å². The molecule has 0 aliphatic rings. The van der Waals surface area contributed by atoms with Gasteiger partial charge in [-0.2, -0.15) is 0 Å². The lowest BCUT2D eigenvalue weighted by Crippen LogP contribution is -2.43. The topological polar surface area (TPSA) is 135 Å². The molecule has 0 heterocycles. The van der Waals surface area contributed by atoms with Gasteiger partial charge in [0.2, 0.25) is 5.91 Å². The van der Waals surface area contributed by atoms with Gasteiger partial charge in [0.1, 0.15) is 11.9 Å². The van der Waals surface area contributed by atoms with Crippen LogP contribution in [0.4, 0.5) is 11.4 Å². The second kappa shape index (κ2) is 12.6. The minimum atomic E-state index is -0.999. The van der Waals surface area contributed by atoms with Crippen LogP contribution in [0.15, 0.2) is 36.4 Å². The van der Waals surface area contributed by atoms with Crippen LogP contribution in [0.2, 0.25) is 0 Å². The maximum absolute atomic E-state index is 13.0. The Hall–Kier alpha value is -3.83. The first kappa shape index (κ1) is 27.4. The van der Waals surface area contributed by atoms with E-state index in [0.717, 1.165) is 28.1 Å². The Morgan fingerprint density at radius 3 is 2.37 bits per heavy atom. The summed E-state index contributed by atoms with van der Waals surface area (Å²) in [6.45, 7) is 10.1. The fourth-order valence-corrected chi connectivity index (χ4v) is 3.57. The van der Waals surface area contributed by atoms with Crippen molar-refractivity contribution in [2.75, 3.05) is 23.4 Å². The molecule has 1 atom stereocenters. The third kappa shape index (κ3) is 7.59. The van der Waals surface area contributed by atoms with Gasteiger partial charge in [-0.25, -0.2) is 0 Å². The average molecular weight is 478 g/mol. The number of nitrogens with one attached hydrogen (secondary N) is 2. The second-order valence-corrected chi connectivity index (χ2v) is 8.52. The maximum atomic E-state index is 13.0. The van der Waals surface area contributed by atoms with Crippen LogP contribution in [-0.4, -0.2) is 42.9 Å². The number of hydrogen-bond acceptors (Lipinski definition) is 6. The third-order valence-electron chi connectivity index (χ3n) is 5.37. The number of amidine groups is 1. The highest BCUT2D eigenvalue weighted by Gasteiger charge is 2.26. The number of nitrogens with zero attached hydrogens (tertiary/aromatic N) is 1. The Morgan fingerprint density at radius 1 is 1.14 bits per heavy atom. The highest BCUT2D eigenvalue weighted by atomic mass is 16.5. The van der Waals surface area contributed by atoms with Crippen molar-refractivity contribution >= 4 is 29.1 Å². The lowest BCUT2D eigenvalue weighted by atomic mass is 10.0. The molecule has 6 N–H and O–H groups in total. The first-order chi connectivity index (χ1) is 16.5. The molecule has 186 valence electrons. The number of benzene rings is 2. The van der Waals surface area contributed by atoms with Crippen molar-refractivity contribution in [2.24, 2.45) is 11.5 Å². The van der Waals surface area contributed by atoms with Gasteiger partial charge in [0.15, 0.2) is 0 Å². The lowest BCUT2D eigenvalue weighted by Gasteiger charge is -2.30. The number of ether oxygens (including phenoxy) is 1. The molecule has 0 fully saturated rings. The molecular formula is C27H35N5O3. The Kier molecular flexibility index (Phi) is 9.86. The number of rotatable bonds is 9. The number of carbonyl (C=O) groups is 2. The predicted octanol–water partition coefficient (Wildman–Crippen LogP) is 3.07. The monoisotopic (exact) mass is 477 g/mol. The molecule has 2 aromatic carbocycles. The van der Waals surface area contributed by atoms with E-state index >= 15 is 0 Å². The fraction of sp³-hybridized carbons (Fsp3) is 0.370. The quantitative estimate of drug-likeness (QED) is 0.190. The summed E-state index contributed by atoms with van der Waals surface area (Å²) in [4.78, 5) is 26.6.